The second-order valence-corrected chi connectivity index (χ2v) is 11.0. The van der Waals surface area contributed by atoms with Gasteiger partial charge in [-0.1, -0.05) is 18.2 Å². The summed E-state index contributed by atoms with van der Waals surface area (Å²) in [6.45, 7) is 2.13. The molecule has 2 aromatic carbocycles. The highest BCUT2D eigenvalue weighted by Crippen LogP contribution is 2.33. The van der Waals surface area contributed by atoms with Gasteiger partial charge in [0.1, 0.15) is 0 Å². The third-order valence-corrected chi connectivity index (χ3v) is 7.78. The van der Waals surface area contributed by atoms with Gasteiger partial charge in [0.15, 0.2) is 5.96 Å². The number of thiophene rings is 1. The van der Waals surface area contributed by atoms with Crippen molar-refractivity contribution in [1.29, 1.82) is 5.41 Å². The number of sulfonamides is 1. The second kappa shape index (κ2) is 7.65. The number of fused-ring (bicyclic) bond motifs is 1. The van der Waals surface area contributed by atoms with E-state index in [1.165, 1.54) is 21.0 Å². The van der Waals surface area contributed by atoms with Gasteiger partial charge < -0.3 is 5.32 Å². The zero-order chi connectivity index (χ0) is 22.4. The van der Waals surface area contributed by atoms with Crippen LogP contribution >= 0.6 is 11.3 Å². The van der Waals surface area contributed by atoms with Crippen LogP contribution in [-0.4, -0.2) is 38.5 Å². The maximum Gasteiger partial charge on any atom is 0.232 e. The largest absolute Gasteiger partial charge is 0.346 e. The number of nitrogens with zero attached hydrogens (tertiary/aromatic N) is 2. The lowest BCUT2D eigenvalue weighted by molar-refractivity contribution is -0.131. The molecule has 1 atom stereocenters. The van der Waals surface area contributed by atoms with Crippen LogP contribution in [0.1, 0.15) is 24.5 Å². The first-order chi connectivity index (χ1) is 14.6. The van der Waals surface area contributed by atoms with Crippen molar-refractivity contribution in [1.82, 2.24) is 10.2 Å². The summed E-state index contributed by atoms with van der Waals surface area (Å²) in [5.74, 6) is -0.121. The SMILES string of the molecule is CN(c1cccc(CN2C(=N)NC(C)(c3ccc4sccc4c3)CC2=O)c1)S(C)(=O)=O. The quantitative estimate of drug-likeness (QED) is 0.615. The van der Waals surface area contributed by atoms with Crippen molar-refractivity contribution in [3.8, 4) is 0 Å². The van der Waals surface area contributed by atoms with E-state index >= 15 is 0 Å². The first-order valence-electron chi connectivity index (χ1n) is 9.74. The Bertz CT molecular complexity index is 1260. The molecule has 0 saturated carbocycles. The van der Waals surface area contributed by atoms with E-state index < -0.39 is 15.6 Å². The average molecular weight is 457 g/mol. The van der Waals surface area contributed by atoms with E-state index in [1.54, 1.807) is 29.5 Å². The molecule has 7 nitrogen and oxygen atoms in total. The Balaban J connectivity index is 1.55. The zero-order valence-corrected chi connectivity index (χ0v) is 19.2. The lowest BCUT2D eigenvalue weighted by Crippen LogP contribution is -2.59. The van der Waals surface area contributed by atoms with Crippen LogP contribution in [-0.2, 0) is 26.9 Å². The lowest BCUT2D eigenvalue weighted by Gasteiger charge is -2.41. The Kier molecular flexibility index (Phi) is 5.26. The summed E-state index contributed by atoms with van der Waals surface area (Å²) < 4.78 is 26.0. The fourth-order valence-electron chi connectivity index (χ4n) is 3.77. The van der Waals surface area contributed by atoms with Crippen molar-refractivity contribution in [3.63, 3.8) is 0 Å². The van der Waals surface area contributed by atoms with E-state index in [9.17, 15) is 13.2 Å². The third-order valence-electron chi connectivity index (χ3n) is 5.67. The van der Waals surface area contributed by atoms with Crippen LogP contribution in [0.2, 0.25) is 0 Å². The summed E-state index contributed by atoms with van der Waals surface area (Å²) in [5.41, 5.74) is 1.56. The smallest absolute Gasteiger partial charge is 0.232 e. The number of amides is 1. The number of hydrogen-bond donors (Lipinski definition) is 2. The molecule has 162 valence electrons. The van der Waals surface area contributed by atoms with Crippen LogP contribution in [0.4, 0.5) is 5.69 Å². The summed E-state index contributed by atoms with van der Waals surface area (Å²) in [6, 6.07) is 15.2. The third kappa shape index (κ3) is 4.15. The van der Waals surface area contributed by atoms with E-state index in [0.29, 0.717) is 5.69 Å². The van der Waals surface area contributed by atoms with Gasteiger partial charge in [-0.05, 0) is 59.1 Å². The number of carbonyl (C=O) groups excluding carboxylic acids is 1. The molecule has 3 aromatic rings. The van der Waals surface area contributed by atoms with Crippen molar-refractivity contribution >= 4 is 49.0 Å². The molecule has 9 heteroatoms. The minimum absolute atomic E-state index is 0.0334. The van der Waals surface area contributed by atoms with Crippen molar-refractivity contribution in [2.24, 2.45) is 0 Å². The predicted molar refractivity (Wildman–Crippen MR) is 125 cm³/mol. The average Bonchev–Trinajstić information content (AvgIpc) is 3.17. The number of benzene rings is 2. The Hall–Kier alpha value is -2.91. The number of anilines is 1. The van der Waals surface area contributed by atoms with Crippen molar-refractivity contribution in [3.05, 3.63) is 65.0 Å². The van der Waals surface area contributed by atoms with Gasteiger partial charge in [0.2, 0.25) is 15.9 Å². The summed E-state index contributed by atoms with van der Waals surface area (Å²) in [6.07, 6.45) is 1.36. The molecule has 0 aliphatic carbocycles. The molecule has 1 saturated heterocycles. The molecular weight excluding hydrogens is 432 g/mol. The van der Waals surface area contributed by atoms with Gasteiger partial charge in [-0.2, -0.15) is 0 Å². The topological polar surface area (TPSA) is 93.6 Å². The fourth-order valence-corrected chi connectivity index (χ4v) is 5.04. The zero-order valence-electron chi connectivity index (χ0n) is 17.5. The molecule has 2 N–H and O–H groups in total. The Morgan fingerprint density at radius 3 is 2.71 bits per heavy atom. The van der Waals surface area contributed by atoms with Crippen LogP contribution in [0.25, 0.3) is 10.1 Å². The van der Waals surface area contributed by atoms with E-state index in [0.717, 1.165) is 22.8 Å². The van der Waals surface area contributed by atoms with Gasteiger partial charge in [0, 0.05) is 11.7 Å². The minimum atomic E-state index is -3.39. The van der Waals surface area contributed by atoms with Gasteiger partial charge in [-0.3, -0.25) is 19.4 Å². The Morgan fingerprint density at radius 2 is 2.00 bits per heavy atom. The second-order valence-electron chi connectivity index (χ2n) is 8.04. The molecular formula is C22H24N4O3S2. The molecule has 1 aliphatic rings. The van der Waals surface area contributed by atoms with Gasteiger partial charge in [-0.15, -0.1) is 11.3 Å². The normalized spacial score (nSPS) is 19.5. The molecule has 1 aromatic heterocycles. The highest BCUT2D eigenvalue weighted by atomic mass is 32.2. The van der Waals surface area contributed by atoms with Crippen LogP contribution < -0.4 is 9.62 Å². The van der Waals surface area contributed by atoms with Crippen LogP contribution in [0.3, 0.4) is 0 Å². The Morgan fingerprint density at radius 1 is 1.23 bits per heavy atom. The standard InChI is InChI=1S/C22H24N4O3S2/c1-22(17-7-8-19-16(12-17)9-10-30-19)13-20(27)26(21(23)24-22)14-15-5-4-6-18(11-15)25(2)31(3,28)29/h4-12H,13-14H2,1-3H3,(H2,23,24). The fraction of sp³-hybridized carbons (Fsp3) is 0.273. The summed E-state index contributed by atoms with van der Waals surface area (Å²) >= 11 is 1.67. The summed E-state index contributed by atoms with van der Waals surface area (Å²) in [7, 11) is -1.90. The molecule has 1 aliphatic heterocycles. The van der Waals surface area contributed by atoms with E-state index in [-0.39, 0.29) is 24.8 Å². The van der Waals surface area contributed by atoms with Crippen LogP contribution in [0.15, 0.2) is 53.9 Å². The molecule has 1 fully saturated rings. The highest BCUT2D eigenvalue weighted by molar-refractivity contribution is 7.92. The van der Waals surface area contributed by atoms with Crippen LogP contribution in [0.5, 0.6) is 0 Å². The molecule has 4 rings (SSSR count). The number of carbonyl (C=O) groups is 1. The lowest BCUT2D eigenvalue weighted by atomic mass is 9.86. The first-order valence-corrected chi connectivity index (χ1v) is 12.5. The molecule has 2 heterocycles. The maximum atomic E-state index is 13.0. The van der Waals surface area contributed by atoms with E-state index in [2.05, 4.69) is 17.4 Å². The number of nitrogens with one attached hydrogen (secondary N) is 2. The first kappa shape index (κ1) is 21.3. The van der Waals surface area contributed by atoms with Gasteiger partial charge >= 0.3 is 0 Å². The van der Waals surface area contributed by atoms with Crippen molar-refractivity contribution in [2.45, 2.75) is 25.4 Å². The molecule has 0 radical (unpaired) electrons. The predicted octanol–water partition coefficient (Wildman–Crippen LogP) is 3.47. The molecule has 0 bridgehead atoms. The van der Waals surface area contributed by atoms with Crippen molar-refractivity contribution in [2.75, 3.05) is 17.6 Å². The van der Waals surface area contributed by atoms with Gasteiger partial charge in [0.25, 0.3) is 0 Å². The number of hydrogen-bond acceptors (Lipinski definition) is 5. The number of guanidine groups is 1. The van der Waals surface area contributed by atoms with Gasteiger partial charge in [-0.25, -0.2) is 8.42 Å². The van der Waals surface area contributed by atoms with Gasteiger partial charge in [0.05, 0.1) is 30.4 Å². The monoisotopic (exact) mass is 456 g/mol. The molecule has 31 heavy (non-hydrogen) atoms. The number of rotatable bonds is 5. The maximum absolute atomic E-state index is 13.0. The van der Waals surface area contributed by atoms with Crippen molar-refractivity contribution < 1.29 is 13.2 Å². The van der Waals surface area contributed by atoms with Crippen LogP contribution in [0, 0.1) is 5.41 Å². The van der Waals surface area contributed by atoms with E-state index in [1.807, 2.05) is 30.5 Å². The van der Waals surface area contributed by atoms with E-state index in [4.69, 9.17) is 5.41 Å². The minimum Gasteiger partial charge on any atom is -0.346 e. The molecule has 1 unspecified atom stereocenters. The Labute approximate surface area is 185 Å². The highest BCUT2D eigenvalue weighted by Gasteiger charge is 2.39. The summed E-state index contributed by atoms with van der Waals surface area (Å²) in [4.78, 5) is 14.4. The molecule has 0 spiro atoms. The molecule has 1 amide bonds. The summed E-state index contributed by atoms with van der Waals surface area (Å²) in [5, 5.41) is 14.9.